The Morgan fingerprint density at radius 1 is 0.958 bits per heavy atom. The Balaban J connectivity index is 2.18. The summed E-state index contributed by atoms with van der Waals surface area (Å²) in [6.45, 7) is 17.3. The van der Waals surface area contributed by atoms with Crippen molar-refractivity contribution in [2.24, 2.45) is 11.8 Å². The minimum atomic E-state index is -1.86. The fourth-order valence-electron chi connectivity index (χ4n) is 5.43. The highest BCUT2D eigenvalue weighted by Crippen LogP contribution is 2.46. The molecule has 0 aromatic carbocycles. The van der Waals surface area contributed by atoms with Gasteiger partial charge in [0.05, 0.1) is 18.5 Å². The Kier molecular flexibility index (Phi) is 7.01. The lowest BCUT2D eigenvalue weighted by atomic mass is 9.79. The van der Waals surface area contributed by atoms with Crippen molar-refractivity contribution >= 4 is 8.32 Å². The van der Waals surface area contributed by atoms with Gasteiger partial charge in [0.2, 0.25) is 0 Å². The fourth-order valence-corrected chi connectivity index (χ4v) is 10.8. The van der Waals surface area contributed by atoms with Crippen LogP contribution in [0.25, 0.3) is 0 Å². The smallest absolute Gasteiger partial charge is 0.258 e. The van der Waals surface area contributed by atoms with Crippen molar-refractivity contribution < 1.29 is 9.16 Å². The molecule has 1 heterocycles. The van der Waals surface area contributed by atoms with Crippen molar-refractivity contribution in [2.45, 2.75) is 103 Å². The van der Waals surface area contributed by atoms with Crippen LogP contribution in [-0.4, -0.2) is 21.0 Å². The standard InChI is InChI=1S/C21H40O2Si/c1-15(2)24(16(3)4,17(5)6)23-20-13-14-22-21(18(20)7)19-11-9-8-10-12-19/h13,15-19,21H,8-12,14H2,1-7H3/t18-,21+/m0/s1. The van der Waals surface area contributed by atoms with Crippen LogP contribution in [-0.2, 0) is 9.16 Å². The van der Waals surface area contributed by atoms with E-state index in [1.807, 2.05) is 0 Å². The average Bonchev–Trinajstić information content (AvgIpc) is 2.53. The van der Waals surface area contributed by atoms with Crippen LogP contribution in [0.5, 0.6) is 0 Å². The first-order valence-corrected chi connectivity index (χ1v) is 12.4. The predicted octanol–water partition coefficient (Wildman–Crippen LogP) is 6.68. The van der Waals surface area contributed by atoms with E-state index in [1.165, 1.54) is 37.9 Å². The molecule has 3 heteroatoms. The summed E-state index contributed by atoms with van der Waals surface area (Å²) in [6, 6.07) is 0. The molecule has 0 bridgehead atoms. The van der Waals surface area contributed by atoms with E-state index in [0.717, 1.165) is 12.5 Å². The lowest BCUT2D eigenvalue weighted by molar-refractivity contribution is -0.0320. The molecule has 0 radical (unpaired) electrons. The Morgan fingerprint density at radius 3 is 2.00 bits per heavy atom. The lowest BCUT2D eigenvalue weighted by Gasteiger charge is -2.46. The van der Waals surface area contributed by atoms with Crippen LogP contribution in [0.4, 0.5) is 0 Å². The Morgan fingerprint density at radius 2 is 1.50 bits per heavy atom. The Labute approximate surface area is 151 Å². The highest BCUT2D eigenvalue weighted by atomic mass is 28.4. The van der Waals surface area contributed by atoms with E-state index in [4.69, 9.17) is 9.16 Å². The monoisotopic (exact) mass is 352 g/mol. The first-order valence-electron chi connectivity index (χ1n) is 10.3. The molecule has 0 spiro atoms. The second-order valence-electron chi connectivity index (χ2n) is 9.01. The molecule has 2 aliphatic rings. The van der Waals surface area contributed by atoms with Crippen LogP contribution in [0.15, 0.2) is 11.8 Å². The van der Waals surface area contributed by atoms with Crippen molar-refractivity contribution in [3.63, 3.8) is 0 Å². The minimum absolute atomic E-state index is 0.364. The highest BCUT2D eigenvalue weighted by Gasteiger charge is 2.48. The van der Waals surface area contributed by atoms with Gasteiger partial charge < -0.3 is 9.16 Å². The van der Waals surface area contributed by atoms with Gasteiger partial charge in [0.25, 0.3) is 8.32 Å². The summed E-state index contributed by atoms with van der Waals surface area (Å²) in [6.07, 6.45) is 9.43. The molecule has 0 unspecified atom stereocenters. The minimum Gasteiger partial charge on any atom is -0.546 e. The maximum Gasteiger partial charge on any atom is 0.258 e. The van der Waals surface area contributed by atoms with E-state index in [2.05, 4.69) is 54.5 Å². The van der Waals surface area contributed by atoms with Crippen molar-refractivity contribution in [3.05, 3.63) is 11.8 Å². The van der Waals surface area contributed by atoms with Crippen LogP contribution < -0.4 is 0 Å². The van der Waals surface area contributed by atoms with Gasteiger partial charge in [-0.15, -0.1) is 0 Å². The number of ether oxygens (including phenoxy) is 1. The molecule has 2 nitrogen and oxygen atoms in total. The van der Waals surface area contributed by atoms with Gasteiger partial charge in [0, 0.05) is 5.92 Å². The molecular formula is C21H40O2Si. The molecule has 2 atom stereocenters. The predicted molar refractivity (Wildman–Crippen MR) is 106 cm³/mol. The molecule has 1 aliphatic carbocycles. The van der Waals surface area contributed by atoms with E-state index in [1.54, 1.807) is 0 Å². The molecule has 140 valence electrons. The van der Waals surface area contributed by atoms with E-state index < -0.39 is 8.32 Å². The van der Waals surface area contributed by atoms with Gasteiger partial charge in [0.1, 0.15) is 0 Å². The van der Waals surface area contributed by atoms with Crippen molar-refractivity contribution in [3.8, 4) is 0 Å². The summed E-state index contributed by atoms with van der Waals surface area (Å²) < 4.78 is 13.2. The van der Waals surface area contributed by atoms with E-state index in [9.17, 15) is 0 Å². The highest BCUT2D eigenvalue weighted by molar-refractivity contribution is 6.77. The zero-order valence-corrected chi connectivity index (χ0v) is 18.1. The van der Waals surface area contributed by atoms with Crippen molar-refractivity contribution in [1.82, 2.24) is 0 Å². The summed E-state index contributed by atoms with van der Waals surface area (Å²) in [7, 11) is -1.86. The van der Waals surface area contributed by atoms with E-state index in [-0.39, 0.29) is 0 Å². The molecule has 1 fully saturated rings. The molecule has 0 N–H and O–H groups in total. The number of rotatable bonds is 6. The molecular weight excluding hydrogens is 312 g/mol. The van der Waals surface area contributed by atoms with Crippen LogP contribution in [0.3, 0.4) is 0 Å². The topological polar surface area (TPSA) is 18.5 Å². The van der Waals surface area contributed by atoms with Gasteiger partial charge in [-0.05, 0) is 41.5 Å². The van der Waals surface area contributed by atoms with Crippen LogP contribution in [0.2, 0.25) is 16.6 Å². The lowest BCUT2D eigenvalue weighted by Crippen LogP contribution is -2.49. The summed E-state index contributed by atoms with van der Waals surface area (Å²) in [5.74, 6) is 2.39. The van der Waals surface area contributed by atoms with Gasteiger partial charge in [-0.1, -0.05) is 67.7 Å². The van der Waals surface area contributed by atoms with Gasteiger partial charge >= 0.3 is 0 Å². The van der Waals surface area contributed by atoms with Crippen LogP contribution in [0.1, 0.15) is 80.6 Å². The summed E-state index contributed by atoms with van der Waals surface area (Å²) >= 11 is 0. The van der Waals surface area contributed by atoms with Gasteiger partial charge in [-0.3, -0.25) is 0 Å². The number of hydrogen-bond acceptors (Lipinski definition) is 2. The third kappa shape index (κ3) is 3.93. The maximum absolute atomic E-state index is 7.02. The summed E-state index contributed by atoms with van der Waals surface area (Å²) in [5, 5.41) is 0. The Bertz CT molecular complexity index is 400. The normalized spacial score (nSPS) is 27.0. The Hall–Kier alpha value is -0.283. The first-order chi connectivity index (χ1) is 11.3. The molecule has 2 rings (SSSR count). The molecule has 0 aromatic heterocycles. The average molecular weight is 353 g/mol. The molecule has 24 heavy (non-hydrogen) atoms. The molecule has 1 saturated carbocycles. The summed E-state index contributed by atoms with van der Waals surface area (Å²) in [5.41, 5.74) is 1.88. The molecule has 0 aromatic rings. The van der Waals surface area contributed by atoms with Gasteiger partial charge in [-0.25, -0.2) is 0 Å². The third-order valence-electron chi connectivity index (χ3n) is 6.63. The van der Waals surface area contributed by atoms with Crippen molar-refractivity contribution in [1.29, 1.82) is 0 Å². The second kappa shape index (κ2) is 8.40. The van der Waals surface area contributed by atoms with Crippen LogP contribution in [0, 0.1) is 11.8 Å². The van der Waals surface area contributed by atoms with Crippen molar-refractivity contribution in [2.75, 3.05) is 6.61 Å². The largest absolute Gasteiger partial charge is 0.546 e. The zero-order valence-electron chi connectivity index (χ0n) is 17.1. The van der Waals surface area contributed by atoms with Gasteiger partial charge in [-0.2, -0.15) is 0 Å². The zero-order chi connectivity index (χ0) is 17.9. The fraction of sp³-hybridized carbons (Fsp3) is 0.905. The molecule has 0 amide bonds. The van der Waals surface area contributed by atoms with E-state index in [0.29, 0.717) is 28.6 Å². The second-order valence-corrected chi connectivity index (χ2v) is 14.4. The summed E-state index contributed by atoms with van der Waals surface area (Å²) in [4.78, 5) is 0. The first kappa shape index (κ1) is 20.0. The maximum atomic E-state index is 7.02. The van der Waals surface area contributed by atoms with Crippen LogP contribution >= 0.6 is 0 Å². The quantitative estimate of drug-likeness (QED) is 0.496. The van der Waals surface area contributed by atoms with Gasteiger partial charge in [0.15, 0.2) is 0 Å². The molecule has 0 saturated heterocycles. The SMILES string of the molecule is CC(C)[Si](OC1=CCO[C@@H](C2CCCCC2)[C@H]1C)(C(C)C)C(C)C. The number of hydrogen-bond donors (Lipinski definition) is 0. The third-order valence-corrected chi connectivity index (χ3v) is 12.6. The molecule has 1 aliphatic heterocycles. The van der Waals surface area contributed by atoms with E-state index >= 15 is 0 Å².